The Morgan fingerprint density at radius 2 is 1.88 bits per heavy atom. The van der Waals surface area contributed by atoms with E-state index in [1.807, 2.05) is 0 Å². The number of sulfonamides is 1. The number of hydrogen-bond donors (Lipinski definition) is 2. The highest BCUT2D eigenvalue weighted by Crippen LogP contribution is 2.30. The Morgan fingerprint density at radius 3 is 2.18 bits per heavy atom. The molecule has 96 valence electrons. The van der Waals surface area contributed by atoms with Crippen molar-refractivity contribution in [3.05, 3.63) is 17.0 Å². The maximum Gasteiger partial charge on any atom is 0.338 e. The number of carboxylic acids is 1. The van der Waals surface area contributed by atoms with Gasteiger partial charge in [0.2, 0.25) is 10.0 Å². The minimum atomic E-state index is -4.06. The molecule has 0 unspecified atom stereocenters. The number of rotatable bonds is 3. The monoisotopic (exact) mass is 260 g/mol. The molecular weight excluding hydrogens is 244 g/mol. The Kier molecular flexibility index (Phi) is 3.35. The highest BCUT2D eigenvalue weighted by atomic mass is 32.2. The molecule has 0 aliphatic heterocycles. The summed E-state index contributed by atoms with van der Waals surface area (Å²) >= 11 is 0. The van der Waals surface area contributed by atoms with E-state index in [4.69, 9.17) is 10.2 Å². The minimum absolute atomic E-state index is 0.139. The van der Waals surface area contributed by atoms with Crippen molar-refractivity contribution >= 4 is 16.0 Å². The number of primary sulfonamides is 1. The molecule has 0 saturated carbocycles. The van der Waals surface area contributed by atoms with Gasteiger partial charge < -0.3 is 9.67 Å². The van der Waals surface area contributed by atoms with Crippen molar-refractivity contribution in [2.45, 2.75) is 31.6 Å². The van der Waals surface area contributed by atoms with E-state index >= 15 is 0 Å². The highest BCUT2D eigenvalue weighted by molar-refractivity contribution is 7.89. The number of carboxylic acid groups (broad SMARTS) is 1. The van der Waals surface area contributed by atoms with E-state index in [0.29, 0.717) is 11.4 Å². The fourth-order valence-corrected chi connectivity index (χ4v) is 3.17. The third-order valence-electron chi connectivity index (χ3n) is 2.73. The average molecular weight is 260 g/mol. The second kappa shape index (κ2) is 4.15. The molecule has 0 radical (unpaired) electrons. The van der Waals surface area contributed by atoms with Crippen LogP contribution >= 0.6 is 0 Å². The Morgan fingerprint density at radius 1 is 1.41 bits per heavy atom. The van der Waals surface area contributed by atoms with E-state index in [-0.39, 0.29) is 16.4 Å². The predicted octanol–water partition coefficient (Wildman–Crippen LogP) is 0.803. The molecular formula is C10H16N2O4S. The van der Waals surface area contributed by atoms with Crippen molar-refractivity contribution in [3.8, 4) is 0 Å². The topological polar surface area (TPSA) is 102 Å². The zero-order valence-electron chi connectivity index (χ0n) is 10.2. The van der Waals surface area contributed by atoms with Gasteiger partial charge in [0.15, 0.2) is 0 Å². The molecule has 0 atom stereocenters. The SMILES string of the molecule is Cc1c(C(=O)O)c(S(N)(=O)=O)c(C(C)C)n1C. The Balaban J connectivity index is 3.87. The number of hydrogen-bond acceptors (Lipinski definition) is 3. The van der Waals surface area contributed by atoms with Crippen LogP contribution in [0.4, 0.5) is 0 Å². The average Bonchev–Trinajstić information content (AvgIpc) is 2.39. The maximum absolute atomic E-state index is 11.6. The Bertz CT molecular complexity index is 570. The molecule has 0 aromatic carbocycles. The zero-order valence-corrected chi connectivity index (χ0v) is 11.0. The number of aromatic nitrogens is 1. The zero-order chi connectivity index (χ0) is 13.5. The summed E-state index contributed by atoms with van der Waals surface area (Å²) in [5.74, 6) is -1.42. The van der Waals surface area contributed by atoms with E-state index in [1.165, 1.54) is 0 Å². The van der Waals surface area contributed by atoms with Crippen LogP contribution in [0, 0.1) is 6.92 Å². The molecule has 1 heterocycles. The van der Waals surface area contributed by atoms with Gasteiger partial charge in [-0.1, -0.05) is 13.8 Å². The first-order valence-corrected chi connectivity index (χ1v) is 6.59. The van der Waals surface area contributed by atoms with Gasteiger partial charge in [-0.3, -0.25) is 0 Å². The molecule has 0 aliphatic rings. The molecule has 0 spiro atoms. The van der Waals surface area contributed by atoms with Crippen LogP contribution in [0.15, 0.2) is 4.90 Å². The summed E-state index contributed by atoms with van der Waals surface area (Å²) in [6.07, 6.45) is 0. The summed E-state index contributed by atoms with van der Waals surface area (Å²) in [7, 11) is -2.43. The van der Waals surface area contributed by atoms with Crippen molar-refractivity contribution in [1.29, 1.82) is 0 Å². The van der Waals surface area contributed by atoms with Crippen molar-refractivity contribution in [2.75, 3.05) is 0 Å². The number of aromatic carboxylic acids is 1. The Labute approximate surface area is 100 Å². The van der Waals surface area contributed by atoms with E-state index in [2.05, 4.69) is 0 Å². The standard InChI is InChI=1S/C10H16N2O4S/c1-5(2)8-9(17(11,15)16)7(10(13)14)6(3)12(8)4/h5H,1-4H3,(H,13,14)(H2,11,15,16). The van der Waals surface area contributed by atoms with E-state index in [0.717, 1.165) is 0 Å². The fraction of sp³-hybridized carbons (Fsp3) is 0.500. The largest absolute Gasteiger partial charge is 0.478 e. The van der Waals surface area contributed by atoms with Crippen molar-refractivity contribution in [2.24, 2.45) is 12.2 Å². The van der Waals surface area contributed by atoms with Crippen LogP contribution in [-0.2, 0) is 17.1 Å². The summed E-state index contributed by atoms with van der Waals surface area (Å²) in [6, 6.07) is 0. The molecule has 1 rings (SSSR count). The van der Waals surface area contributed by atoms with Crippen LogP contribution in [0.5, 0.6) is 0 Å². The van der Waals surface area contributed by atoms with E-state index < -0.39 is 16.0 Å². The lowest BCUT2D eigenvalue weighted by atomic mass is 10.1. The second-order valence-corrected chi connectivity index (χ2v) is 5.74. The van der Waals surface area contributed by atoms with Crippen LogP contribution in [0.25, 0.3) is 0 Å². The smallest absolute Gasteiger partial charge is 0.338 e. The van der Waals surface area contributed by atoms with Crippen LogP contribution in [-0.4, -0.2) is 24.1 Å². The maximum atomic E-state index is 11.6. The van der Waals surface area contributed by atoms with Gasteiger partial charge in [-0.05, 0) is 12.8 Å². The van der Waals surface area contributed by atoms with Gasteiger partial charge in [-0.15, -0.1) is 0 Å². The van der Waals surface area contributed by atoms with Crippen molar-refractivity contribution in [3.63, 3.8) is 0 Å². The summed E-state index contributed by atoms with van der Waals surface area (Å²) in [5.41, 5.74) is 0.561. The molecule has 0 fully saturated rings. The third kappa shape index (κ3) is 2.20. The van der Waals surface area contributed by atoms with Crippen molar-refractivity contribution < 1.29 is 18.3 Å². The van der Waals surface area contributed by atoms with E-state index in [1.54, 1.807) is 32.4 Å². The van der Waals surface area contributed by atoms with Crippen LogP contribution in [0.2, 0.25) is 0 Å². The summed E-state index contributed by atoms with van der Waals surface area (Å²) in [4.78, 5) is 10.9. The number of nitrogens with zero attached hydrogens (tertiary/aromatic N) is 1. The van der Waals surface area contributed by atoms with Gasteiger partial charge in [0.25, 0.3) is 0 Å². The molecule has 0 bridgehead atoms. The highest BCUT2D eigenvalue weighted by Gasteiger charge is 2.31. The lowest BCUT2D eigenvalue weighted by molar-refractivity contribution is 0.0692. The van der Waals surface area contributed by atoms with Gasteiger partial charge >= 0.3 is 5.97 Å². The normalized spacial score (nSPS) is 12.1. The van der Waals surface area contributed by atoms with Gasteiger partial charge in [-0.25, -0.2) is 18.4 Å². The summed E-state index contributed by atoms with van der Waals surface area (Å²) in [5, 5.41) is 14.2. The lowest BCUT2D eigenvalue weighted by Gasteiger charge is -2.10. The molecule has 6 nitrogen and oxygen atoms in total. The first-order chi connectivity index (χ1) is 7.59. The fourth-order valence-electron chi connectivity index (χ4n) is 1.98. The van der Waals surface area contributed by atoms with E-state index in [9.17, 15) is 13.2 Å². The lowest BCUT2D eigenvalue weighted by Crippen LogP contribution is -2.18. The minimum Gasteiger partial charge on any atom is -0.478 e. The molecule has 0 amide bonds. The van der Waals surface area contributed by atoms with Gasteiger partial charge in [0, 0.05) is 18.4 Å². The Hall–Kier alpha value is -1.34. The van der Waals surface area contributed by atoms with Gasteiger partial charge in [0.1, 0.15) is 10.5 Å². The van der Waals surface area contributed by atoms with Crippen molar-refractivity contribution in [1.82, 2.24) is 4.57 Å². The molecule has 3 N–H and O–H groups in total. The molecule has 1 aromatic rings. The summed E-state index contributed by atoms with van der Waals surface area (Å²) in [6.45, 7) is 5.13. The molecule has 7 heteroatoms. The first kappa shape index (κ1) is 13.7. The van der Waals surface area contributed by atoms with Gasteiger partial charge in [-0.2, -0.15) is 0 Å². The predicted molar refractivity (Wildman–Crippen MR) is 62.6 cm³/mol. The second-order valence-electron chi connectivity index (χ2n) is 4.24. The molecule has 17 heavy (non-hydrogen) atoms. The number of carbonyl (C=O) groups is 1. The third-order valence-corrected chi connectivity index (χ3v) is 3.71. The molecule has 1 aromatic heterocycles. The van der Waals surface area contributed by atoms with Gasteiger partial charge in [0.05, 0.1) is 0 Å². The molecule has 0 aliphatic carbocycles. The first-order valence-electron chi connectivity index (χ1n) is 5.04. The molecule has 0 saturated heterocycles. The summed E-state index contributed by atoms with van der Waals surface area (Å²) < 4.78 is 24.7. The number of nitrogens with two attached hydrogens (primary N) is 1. The van der Waals surface area contributed by atoms with Crippen LogP contribution in [0.3, 0.4) is 0 Å². The van der Waals surface area contributed by atoms with Crippen LogP contribution < -0.4 is 5.14 Å². The van der Waals surface area contributed by atoms with Crippen LogP contribution in [0.1, 0.15) is 41.5 Å². The quantitative estimate of drug-likeness (QED) is 0.839.